The second-order valence-corrected chi connectivity index (χ2v) is 6.72. The van der Waals surface area contributed by atoms with Gasteiger partial charge in [-0.25, -0.2) is 4.98 Å². The number of aromatic nitrogens is 2. The minimum atomic E-state index is 0. The second kappa shape index (κ2) is 10.1. The Hall–Kier alpha value is -2.78. The van der Waals surface area contributed by atoms with E-state index < -0.39 is 0 Å². The molecule has 1 aromatic heterocycles. The summed E-state index contributed by atoms with van der Waals surface area (Å²) in [4.78, 5) is 18.1. The van der Waals surface area contributed by atoms with Crippen LogP contribution in [0.4, 0.5) is 23.1 Å². The van der Waals surface area contributed by atoms with Crippen molar-refractivity contribution in [1.29, 1.82) is 0 Å². The first-order chi connectivity index (χ1) is 13.5. The number of anilines is 4. The van der Waals surface area contributed by atoms with Gasteiger partial charge in [0.25, 0.3) is 0 Å². The number of aryl methyl sites for hydroxylation is 1. The Kier molecular flexibility index (Phi) is 7.86. The molecular weight excluding hydrogens is 392 g/mol. The number of hydrogen-bond acceptors (Lipinski definition) is 9. The third-order valence-corrected chi connectivity index (χ3v) is 4.76. The van der Waals surface area contributed by atoms with Crippen molar-refractivity contribution in [3.63, 3.8) is 0 Å². The number of nitrogen functional groups attached to an aromatic ring is 2. The summed E-state index contributed by atoms with van der Waals surface area (Å²) < 4.78 is 0. The zero-order valence-electron chi connectivity index (χ0n) is 16.8. The van der Waals surface area contributed by atoms with E-state index in [2.05, 4.69) is 49.2 Å². The van der Waals surface area contributed by atoms with E-state index in [1.54, 1.807) is 0 Å². The lowest BCUT2D eigenvalue weighted by atomic mass is 10.1. The number of nitrogens with two attached hydrogens (primary N) is 3. The number of rotatable bonds is 6. The van der Waals surface area contributed by atoms with Crippen molar-refractivity contribution in [1.82, 2.24) is 9.97 Å². The van der Waals surface area contributed by atoms with Crippen molar-refractivity contribution >= 4 is 41.3 Å². The molecule has 6 N–H and O–H groups in total. The fourth-order valence-corrected chi connectivity index (χ4v) is 3.35. The largest absolute Gasteiger partial charge is 0.394 e. The van der Waals surface area contributed by atoms with Gasteiger partial charge in [-0.05, 0) is 31.5 Å². The van der Waals surface area contributed by atoms with Gasteiger partial charge in [0.2, 0.25) is 5.95 Å². The number of oxime groups is 1. The highest BCUT2D eigenvalue weighted by molar-refractivity contribution is 5.98. The molecule has 0 spiro atoms. The molecule has 0 bridgehead atoms. The first kappa shape index (κ1) is 22.5. The SMILES string of the molecule is C/C(=N\OCCN)c1ccc(N2CCN(c3c(C)nc(N)nc3N)CC2)cc1.Cl. The van der Waals surface area contributed by atoms with Crippen LogP contribution in [0.5, 0.6) is 0 Å². The maximum atomic E-state index is 6.07. The van der Waals surface area contributed by atoms with Crippen molar-refractivity contribution in [2.24, 2.45) is 10.9 Å². The summed E-state index contributed by atoms with van der Waals surface area (Å²) in [7, 11) is 0. The number of piperazine rings is 1. The standard InChI is InChI=1S/C19H28N8O.ClH/c1-13(25-28-12-7-20)15-3-5-16(6-4-15)26-8-10-27(11-9-26)17-14(2)23-19(22)24-18(17)21;/h3-6H,7-12,20H2,1-2H3,(H4,21,22,23,24);1H/b25-13+;. The Bertz CT molecular complexity index is 812. The van der Waals surface area contributed by atoms with Crippen molar-refractivity contribution in [3.8, 4) is 0 Å². The summed E-state index contributed by atoms with van der Waals surface area (Å²) in [5.74, 6) is 0.652. The van der Waals surface area contributed by atoms with E-state index in [0.717, 1.165) is 48.8 Å². The van der Waals surface area contributed by atoms with E-state index in [4.69, 9.17) is 22.0 Å². The first-order valence-corrected chi connectivity index (χ1v) is 9.36. The Morgan fingerprint density at radius 3 is 2.28 bits per heavy atom. The molecule has 1 aliphatic rings. The van der Waals surface area contributed by atoms with Crippen LogP contribution in [0.3, 0.4) is 0 Å². The van der Waals surface area contributed by atoms with Crippen LogP contribution >= 0.6 is 12.4 Å². The first-order valence-electron chi connectivity index (χ1n) is 9.36. The van der Waals surface area contributed by atoms with Gasteiger partial charge >= 0.3 is 0 Å². The normalized spacial score (nSPS) is 14.5. The lowest BCUT2D eigenvalue weighted by Crippen LogP contribution is -2.47. The van der Waals surface area contributed by atoms with E-state index in [1.165, 1.54) is 5.69 Å². The number of benzene rings is 1. The Balaban J connectivity index is 0.00000300. The fourth-order valence-electron chi connectivity index (χ4n) is 3.35. The third kappa shape index (κ3) is 5.39. The van der Waals surface area contributed by atoms with E-state index in [0.29, 0.717) is 19.0 Å². The van der Waals surface area contributed by atoms with Crippen LogP contribution in [0, 0.1) is 6.92 Å². The molecule has 2 aromatic rings. The summed E-state index contributed by atoms with van der Waals surface area (Å²) in [6, 6.07) is 8.34. The molecule has 1 fully saturated rings. The Labute approximate surface area is 177 Å². The summed E-state index contributed by atoms with van der Waals surface area (Å²) >= 11 is 0. The molecule has 0 atom stereocenters. The molecule has 2 heterocycles. The molecule has 0 radical (unpaired) electrons. The van der Waals surface area contributed by atoms with Crippen LogP contribution in [0.25, 0.3) is 0 Å². The number of nitrogens with zero attached hydrogens (tertiary/aromatic N) is 5. The molecule has 3 rings (SSSR count). The van der Waals surface area contributed by atoms with Crippen LogP contribution in [0.15, 0.2) is 29.4 Å². The van der Waals surface area contributed by atoms with Crippen LogP contribution in [0.2, 0.25) is 0 Å². The van der Waals surface area contributed by atoms with Gasteiger partial charge < -0.3 is 31.8 Å². The smallest absolute Gasteiger partial charge is 0.222 e. The summed E-state index contributed by atoms with van der Waals surface area (Å²) in [6.45, 7) is 8.16. The second-order valence-electron chi connectivity index (χ2n) is 6.72. The number of hydrogen-bond donors (Lipinski definition) is 3. The molecule has 0 aliphatic carbocycles. The number of halogens is 1. The maximum Gasteiger partial charge on any atom is 0.222 e. The minimum absolute atomic E-state index is 0. The molecule has 1 aromatic carbocycles. The molecule has 0 unspecified atom stereocenters. The van der Waals surface area contributed by atoms with E-state index in [-0.39, 0.29) is 18.4 Å². The quantitative estimate of drug-likeness (QED) is 0.363. The minimum Gasteiger partial charge on any atom is -0.394 e. The fraction of sp³-hybridized carbons (Fsp3) is 0.421. The summed E-state index contributed by atoms with van der Waals surface area (Å²) in [5.41, 5.74) is 21.9. The molecule has 10 heteroatoms. The monoisotopic (exact) mass is 420 g/mol. The van der Waals surface area contributed by atoms with Gasteiger partial charge in [-0.1, -0.05) is 17.3 Å². The predicted octanol–water partition coefficient (Wildman–Crippen LogP) is 1.40. The summed E-state index contributed by atoms with van der Waals surface area (Å²) in [5, 5.41) is 4.08. The molecule has 9 nitrogen and oxygen atoms in total. The van der Waals surface area contributed by atoms with Gasteiger partial charge in [-0.15, -0.1) is 12.4 Å². The topological polar surface area (TPSA) is 132 Å². The predicted molar refractivity (Wildman–Crippen MR) is 121 cm³/mol. The van der Waals surface area contributed by atoms with Crippen LogP contribution in [-0.2, 0) is 4.84 Å². The van der Waals surface area contributed by atoms with E-state index in [1.807, 2.05) is 13.8 Å². The molecule has 0 amide bonds. The van der Waals surface area contributed by atoms with Gasteiger partial charge in [0.1, 0.15) is 12.3 Å². The van der Waals surface area contributed by atoms with Crippen LogP contribution in [-0.4, -0.2) is 55.0 Å². The zero-order valence-corrected chi connectivity index (χ0v) is 17.7. The molecule has 29 heavy (non-hydrogen) atoms. The highest BCUT2D eigenvalue weighted by Crippen LogP contribution is 2.27. The van der Waals surface area contributed by atoms with Gasteiger partial charge in [-0.2, -0.15) is 4.98 Å². The summed E-state index contributed by atoms with van der Waals surface area (Å²) in [6.07, 6.45) is 0. The lowest BCUT2D eigenvalue weighted by molar-refractivity contribution is 0.152. The van der Waals surface area contributed by atoms with Crippen molar-refractivity contribution in [3.05, 3.63) is 35.5 Å². The maximum absolute atomic E-state index is 6.07. The van der Waals surface area contributed by atoms with Gasteiger partial charge in [0.05, 0.1) is 11.4 Å². The Morgan fingerprint density at radius 2 is 1.69 bits per heavy atom. The van der Waals surface area contributed by atoms with Crippen molar-refractivity contribution in [2.75, 3.05) is 60.6 Å². The molecule has 1 saturated heterocycles. The van der Waals surface area contributed by atoms with Crippen molar-refractivity contribution < 1.29 is 4.84 Å². The van der Waals surface area contributed by atoms with Crippen LogP contribution < -0.4 is 27.0 Å². The molecule has 1 aliphatic heterocycles. The van der Waals surface area contributed by atoms with Crippen LogP contribution in [0.1, 0.15) is 18.2 Å². The molecule has 0 saturated carbocycles. The van der Waals surface area contributed by atoms with Gasteiger partial charge in [0, 0.05) is 38.4 Å². The average Bonchev–Trinajstić information content (AvgIpc) is 2.68. The van der Waals surface area contributed by atoms with Gasteiger partial charge in [-0.3, -0.25) is 0 Å². The average molecular weight is 421 g/mol. The Morgan fingerprint density at radius 1 is 1.07 bits per heavy atom. The van der Waals surface area contributed by atoms with Crippen molar-refractivity contribution in [2.45, 2.75) is 13.8 Å². The third-order valence-electron chi connectivity index (χ3n) is 4.76. The van der Waals surface area contributed by atoms with E-state index >= 15 is 0 Å². The van der Waals surface area contributed by atoms with Gasteiger partial charge in [0.15, 0.2) is 5.82 Å². The molecular formula is C19H29ClN8O. The van der Waals surface area contributed by atoms with E-state index in [9.17, 15) is 0 Å². The lowest BCUT2D eigenvalue weighted by Gasteiger charge is -2.38. The highest BCUT2D eigenvalue weighted by Gasteiger charge is 2.22. The highest BCUT2D eigenvalue weighted by atomic mass is 35.5. The zero-order chi connectivity index (χ0) is 20.1. The molecule has 158 valence electrons.